The van der Waals surface area contributed by atoms with Gasteiger partial charge in [0.25, 0.3) is 0 Å². The second-order valence-corrected chi connectivity index (χ2v) is 34.5. The van der Waals surface area contributed by atoms with E-state index in [1.165, 1.54) is 7.11 Å². The largest absolute Gasteiger partial charge is 0.480 e. The molecule has 18 atom stereocenters. The molecule has 30 heteroatoms. The van der Waals surface area contributed by atoms with Gasteiger partial charge in [0.05, 0.1) is 19.3 Å². The van der Waals surface area contributed by atoms with Crippen LogP contribution in [0.2, 0.25) is 0 Å². The van der Waals surface area contributed by atoms with Crippen LogP contribution < -0.4 is 9.05 Å². The van der Waals surface area contributed by atoms with E-state index in [2.05, 4.69) is 13.8 Å². The van der Waals surface area contributed by atoms with Gasteiger partial charge in [-0.3, -0.25) is 18.0 Å². The molecule has 93 heavy (non-hydrogen) atoms. The maximum absolute atomic E-state index is 13.4. The summed E-state index contributed by atoms with van der Waals surface area (Å²) in [7, 11) is -10.7. The van der Waals surface area contributed by atoms with Gasteiger partial charge in [-0.25, -0.2) is 9.13 Å². The molecule has 2 aliphatic heterocycles. The van der Waals surface area contributed by atoms with E-state index in [0.717, 1.165) is 76.5 Å². The van der Waals surface area contributed by atoms with Crippen LogP contribution in [-0.4, -0.2) is 147 Å². The zero-order valence-electron chi connectivity index (χ0n) is 52.5. The van der Waals surface area contributed by atoms with E-state index in [0.29, 0.717) is 64.2 Å². The average Bonchev–Trinajstić information content (AvgIpc) is 1.71. The molecule has 10 rings (SSSR count). The van der Waals surface area contributed by atoms with Crippen molar-refractivity contribution in [2.24, 2.45) is 46.3 Å². The number of hydrogen-bond donors (Lipinski definition) is 5. The summed E-state index contributed by atoms with van der Waals surface area (Å²) in [6.07, 6.45) is -4.11. The Morgan fingerprint density at radius 2 is 0.978 bits per heavy atom. The van der Waals surface area contributed by atoms with Crippen LogP contribution in [0.25, 0.3) is 0 Å². The molecule has 0 amide bonds. The molecule has 2 heterocycles. The van der Waals surface area contributed by atoms with Crippen molar-refractivity contribution in [1.29, 1.82) is 0 Å². The molecule has 4 unspecified atom stereocenters. The Labute approximate surface area is 541 Å². The fourth-order valence-corrected chi connectivity index (χ4v) is 22.9. The zero-order chi connectivity index (χ0) is 68.0. The van der Waals surface area contributed by atoms with Gasteiger partial charge < -0.3 is 38.9 Å². The van der Waals surface area contributed by atoms with Crippen LogP contribution in [0, 0.1) is 46.3 Å². The molecule has 6 aliphatic carbocycles. The van der Waals surface area contributed by atoms with E-state index in [4.69, 9.17) is 13.8 Å². The first-order chi connectivity index (χ1) is 43.4. The van der Waals surface area contributed by atoms with Crippen molar-refractivity contribution < 1.29 is 110 Å². The smallest absolute Gasteiger partial charge is 0.459 e. The first kappa shape index (κ1) is 74.0. The lowest BCUT2D eigenvalue weighted by Crippen LogP contribution is -2.47. The van der Waals surface area contributed by atoms with Crippen LogP contribution in [0.15, 0.2) is 36.4 Å². The van der Waals surface area contributed by atoms with Crippen molar-refractivity contribution in [1.82, 2.24) is 9.34 Å². The minimum absolute atomic E-state index is 0.102. The normalized spacial score (nSPS) is 33.2. The van der Waals surface area contributed by atoms with Crippen LogP contribution in [0.3, 0.4) is 0 Å². The molecule has 0 aromatic heterocycles. The van der Waals surface area contributed by atoms with Gasteiger partial charge in [0.1, 0.15) is 23.6 Å². The fraction of sp³-hybridized carbons (Fsp3) is 0.778. The number of esters is 1. The molecule has 16 nitrogen and oxygen atoms in total. The molecular weight excluding hydrogens is 1320 g/mol. The van der Waals surface area contributed by atoms with Gasteiger partial charge in [0.2, 0.25) is 0 Å². The number of nitrogens with zero attached hydrogens (tertiary/aromatic N) is 2. The lowest BCUT2D eigenvalue weighted by molar-refractivity contribution is -0.284. The third-order valence-electron chi connectivity index (χ3n) is 22.4. The molecule has 8 aliphatic rings. The first-order valence-electron chi connectivity index (χ1n) is 32.5. The van der Waals surface area contributed by atoms with Gasteiger partial charge in [0.15, 0.2) is 0 Å². The van der Waals surface area contributed by atoms with Crippen LogP contribution in [-0.2, 0) is 57.9 Å². The van der Waals surface area contributed by atoms with Crippen molar-refractivity contribution >= 4 is 49.0 Å². The second kappa shape index (κ2) is 28.9. The second-order valence-electron chi connectivity index (χ2n) is 27.8. The molecule has 2 aromatic carbocycles. The number of aliphatic hydroxyl groups is 2. The Morgan fingerprint density at radius 1 is 0.591 bits per heavy atom. The van der Waals surface area contributed by atoms with E-state index in [9.17, 15) is 96.1 Å². The molecule has 0 radical (unpaired) electrons. The highest BCUT2D eigenvalue weighted by molar-refractivity contribution is 7.85. The van der Waals surface area contributed by atoms with E-state index >= 15 is 0 Å². The molecule has 4 saturated carbocycles. The minimum Gasteiger partial charge on any atom is -0.480 e. The number of hydrogen-bond acceptors (Lipinski definition) is 11. The van der Waals surface area contributed by atoms with Crippen LogP contribution in [0.1, 0.15) is 176 Å². The number of methoxy groups -OCH3 is 1. The van der Waals surface area contributed by atoms with Gasteiger partial charge in [0, 0.05) is 70.5 Å². The number of benzene rings is 2. The summed E-state index contributed by atoms with van der Waals surface area (Å²) in [4.78, 5) is 45.5. The monoisotopic (exact) mass is 1410 g/mol. The number of aliphatic carboxylic acids is 1. The van der Waals surface area contributed by atoms with Crippen molar-refractivity contribution in [2.45, 2.75) is 215 Å². The van der Waals surface area contributed by atoms with Crippen LogP contribution in [0.5, 0.6) is 11.5 Å². The number of carboxylic acids is 1. The summed E-state index contributed by atoms with van der Waals surface area (Å²) in [5.74, 6) is -9.57. The average molecular weight is 1410 g/mol. The zero-order valence-corrected chi connectivity index (χ0v) is 55.9. The number of carboxylic acid groups (broad SMARTS) is 1. The SMILES string of the molecule is COC(=O)[C@@H]1CCCN1P(=O)(O)Oc1ccc2c(c1)C[C@@H](CCCS(=O)CCCC(F)(F)C(F)(F)F)[C@@H]1[C@@H]2CC[C@]2(C)[C@@H](O)CC[C@@H]12.C[C@]12CC[C@@H]3c4ccc(OP(=O)(O)N5CCC[C@H]5C(=O)O)cc4C[C@@H](CCCS(=O)CCCC(F)(F)C(F)(F)F)[C@H]3[C@@H]1CC[C@@H]2O. The third kappa shape index (κ3) is 16.0. The van der Waals surface area contributed by atoms with Crippen molar-refractivity contribution in [3.63, 3.8) is 0 Å². The topological polar surface area (TPSA) is 238 Å². The highest BCUT2D eigenvalue weighted by Crippen LogP contribution is 2.65. The van der Waals surface area contributed by atoms with Crippen LogP contribution >= 0.6 is 15.5 Å². The lowest BCUT2D eigenvalue weighted by atomic mass is 9.52. The van der Waals surface area contributed by atoms with Gasteiger partial charge in [-0.1, -0.05) is 26.0 Å². The Hall–Kier alpha value is -3.20. The minimum atomic E-state index is -5.63. The Morgan fingerprint density at radius 3 is 1.37 bits per heavy atom. The fourth-order valence-electron chi connectivity index (χ4n) is 17.7. The number of alkyl halides is 10. The number of halogens is 10. The van der Waals surface area contributed by atoms with Crippen molar-refractivity contribution in [2.75, 3.05) is 43.2 Å². The molecule has 6 fully saturated rings. The summed E-state index contributed by atoms with van der Waals surface area (Å²) >= 11 is 0. The molecule has 2 aromatic rings. The van der Waals surface area contributed by atoms with Gasteiger partial charge in [-0.2, -0.15) is 53.2 Å². The molecule has 526 valence electrons. The predicted molar refractivity (Wildman–Crippen MR) is 327 cm³/mol. The first-order valence-corrected chi connectivity index (χ1v) is 38.6. The van der Waals surface area contributed by atoms with E-state index in [1.807, 2.05) is 12.1 Å². The molecule has 5 N–H and O–H groups in total. The molecule has 2 saturated heterocycles. The van der Waals surface area contributed by atoms with Crippen molar-refractivity contribution in [3.05, 3.63) is 58.7 Å². The Balaban J connectivity index is 0.000000219. The highest BCUT2D eigenvalue weighted by Gasteiger charge is 2.60. The van der Waals surface area contributed by atoms with E-state index in [1.54, 1.807) is 24.3 Å². The number of ether oxygens (including phenoxy) is 1. The Bertz CT molecular complexity index is 3150. The predicted octanol–water partition coefficient (Wildman–Crippen LogP) is 13.4. The van der Waals surface area contributed by atoms with E-state index < -0.39 is 123 Å². The van der Waals surface area contributed by atoms with Crippen molar-refractivity contribution in [3.8, 4) is 11.5 Å². The Kier molecular flexibility index (Phi) is 23.0. The summed E-state index contributed by atoms with van der Waals surface area (Å²) < 4.78 is 198. The van der Waals surface area contributed by atoms with Gasteiger partial charge >= 0.3 is 51.6 Å². The quantitative estimate of drug-likeness (QED) is 0.0373. The molecule has 0 bridgehead atoms. The van der Waals surface area contributed by atoms with Gasteiger partial charge in [-0.05, 0) is 233 Å². The highest BCUT2D eigenvalue weighted by atomic mass is 32.2. The maximum Gasteiger partial charge on any atom is 0.459 e. The summed E-state index contributed by atoms with van der Waals surface area (Å²) in [6, 6.07) is 8.73. The maximum atomic E-state index is 13.4. The summed E-state index contributed by atoms with van der Waals surface area (Å²) in [6.45, 7) is 4.63. The van der Waals surface area contributed by atoms with Crippen LogP contribution in [0.4, 0.5) is 43.9 Å². The number of aliphatic hydroxyl groups excluding tert-OH is 2. The molecular formula is C63H88F10N2O14P2S2. The number of rotatable bonds is 24. The number of fused-ring (bicyclic) bond motifs is 10. The lowest BCUT2D eigenvalue weighted by Gasteiger charge is -2.53. The number of carbonyl (C=O) groups excluding carboxylic acids is 1. The number of carbonyl (C=O) groups is 2. The summed E-state index contributed by atoms with van der Waals surface area (Å²) in [5, 5.41) is 31.3. The molecule has 0 spiro atoms. The standard InChI is InChI=1S/C32H45F5NO7PS.C31H43F5NO7PS/c1-30-14-12-24-23-9-8-22(45-46(41,42)38-15-3-7-26(38)29(40)44-2)19-21(23)18-20(28(24)25(30)10-11-27(30)39)6-4-16-47(43)17-5-13-31(33,34)32(35,36)37;1-29-13-11-23-22-8-7-21(44-45(41,42)37-14-2-6-25(37)28(39)40)18-20(22)17-19(27(23)24(29)9-10-26(29)38)5-3-15-46(43)16-4-12-30(32,33)31(34,35)36/h8-9,19-20,24-28,39H,3-7,10-18H2,1-2H3,(H,41,42);7-8,18-19,23-27,38H,2-6,9-17H2,1H3,(H,39,40)(H,41,42)/t20-,24-,25+,26+,27+,28-,30+,47?;19-,23-,24+,25+,26+,27-,29+,46?/m11/s1. The third-order valence-corrected chi connectivity index (χ3v) is 28.5. The van der Waals surface area contributed by atoms with Gasteiger partial charge in [-0.15, -0.1) is 0 Å². The van der Waals surface area contributed by atoms with E-state index in [-0.39, 0.29) is 112 Å². The summed E-state index contributed by atoms with van der Waals surface area (Å²) in [5.41, 5.74) is 3.71.